The van der Waals surface area contributed by atoms with Crippen molar-refractivity contribution in [3.05, 3.63) is 64.2 Å². The van der Waals surface area contributed by atoms with Crippen LogP contribution in [0, 0.1) is 0 Å². The lowest BCUT2D eigenvalue weighted by Crippen LogP contribution is -2.34. The van der Waals surface area contributed by atoms with Gasteiger partial charge in [0, 0.05) is 23.6 Å². The normalized spacial score (nSPS) is 20.5. The predicted octanol–water partition coefficient (Wildman–Crippen LogP) is 5.17. The van der Waals surface area contributed by atoms with E-state index < -0.39 is 6.04 Å². The van der Waals surface area contributed by atoms with Gasteiger partial charge in [-0.05, 0) is 58.2 Å². The number of aromatic nitrogens is 3. The highest BCUT2D eigenvalue weighted by atomic mass is 16.3. The lowest BCUT2D eigenvalue weighted by molar-refractivity contribution is -0.117. The Morgan fingerprint density at radius 1 is 1.11 bits per heavy atom. The number of nitrogens with zero attached hydrogens (tertiary/aromatic N) is 3. The van der Waals surface area contributed by atoms with Crippen molar-refractivity contribution in [1.82, 2.24) is 14.8 Å². The van der Waals surface area contributed by atoms with E-state index in [-0.39, 0.29) is 28.5 Å². The fourth-order valence-corrected chi connectivity index (χ4v) is 5.22. The van der Waals surface area contributed by atoms with Gasteiger partial charge in [-0.15, -0.1) is 5.10 Å². The zero-order valence-electron chi connectivity index (χ0n) is 21.1. The van der Waals surface area contributed by atoms with Crippen molar-refractivity contribution in [2.24, 2.45) is 0 Å². The monoisotopic (exact) mass is 475 g/mol. The maximum Gasteiger partial charge on any atom is 0.241 e. The highest BCUT2D eigenvalue weighted by Crippen LogP contribution is 2.47. The molecule has 3 heterocycles. The lowest BCUT2D eigenvalue weighted by atomic mass is 9.75. The fraction of sp³-hybridized carbons (Fsp3) is 0.444. The smallest absolute Gasteiger partial charge is 0.241 e. The Bertz CT molecular complexity index is 1300. The number of carbonyl (C=O) groups is 1. The average Bonchev–Trinajstić information content (AvgIpc) is 3.39. The molecule has 0 saturated carbocycles. The first-order chi connectivity index (χ1) is 16.3. The molecule has 8 nitrogen and oxygen atoms in total. The fourth-order valence-electron chi connectivity index (χ4n) is 5.22. The van der Waals surface area contributed by atoms with Crippen LogP contribution in [0.4, 0.5) is 11.9 Å². The number of phenolic OH excluding ortho intramolecular Hbond substituents is 1. The van der Waals surface area contributed by atoms with E-state index in [4.69, 9.17) is 10.2 Å². The molecule has 1 aromatic carbocycles. The quantitative estimate of drug-likeness (QED) is 0.468. The van der Waals surface area contributed by atoms with Crippen LogP contribution in [0.15, 0.2) is 46.2 Å². The van der Waals surface area contributed by atoms with Crippen molar-refractivity contribution >= 4 is 17.7 Å². The number of nitrogens with one attached hydrogen (secondary N) is 1. The maximum absolute atomic E-state index is 13.7. The van der Waals surface area contributed by atoms with Crippen LogP contribution in [0.5, 0.6) is 5.75 Å². The van der Waals surface area contributed by atoms with Crippen LogP contribution < -0.4 is 11.1 Å². The van der Waals surface area contributed by atoms with E-state index in [1.54, 1.807) is 10.9 Å². The maximum atomic E-state index is 13.7. The summed E-state index contributed by atoms with van der Waals surface area (Å²) in [4.78, 5) is 18.1. The Morgan fingerprint density at radius 2 is 1.77 bits per heavy atom. The Balaban J connectivity index is 1.73. The number of rotatable bonds is 2. The van der Waals surface area contributed by atoms with E-state index >= 15 is 0 Å². The summed E-state index contributed by atoms with van der Waals surface area (Å²) in [6.45, 7) is 12.4. The Hall–Kier alpha value is -3.55. The number of nitrogen functional groups attached to an aromatic ring is 1. The number of Topliss-reactive ketones (excluding diaryl/α,β-unsaturated/α-hetero) is 1. The third kappa shape index (κ3) is 3.90. The van der Waals surface area contributed by atoms with Crippen molar-refractivity contribution in [1.29, 1.82) is 0 Å². The molecule has 184 valence electrons. The van der Waals surface area contributed by atoms with Gasteiger partial charge in [-0.2, -0.15) is 4.98 Å². The molecule has 0 spiro atoms. The molecule has 0 amide bonds. The zero-order valence-corrected chi connectivity index (χ0v) is 21.1. The van der Waals surface area contributed by atoms with Crippen molar-refractivity contribution in [2.45, 2.75) is 77.2 Å². The number of ketones is 1. The van der Waals surface area contributed by atoms with Gasteiger partial charge in [0.25, 0.3) is 0 Å². The van der Waals surface area contributed by atoms with Crippen LogP contribution in [0.3, 0.4) is 0 Å². The standard InChI is InChI=1S/C27H33N5O3/c1-26(2,3)16-10-15(11-17(23(16)34)27(4,5)6)22-21-18(29-25-30-24(28)31-32(22)25)12-14(13-19(21)33)20-8-7-9-35-20/h7-11,14,22,34H,12-13H2,1-6H3,(H3,28,29,30,31)/t14-,22-/m1/s1. The number of fused-ring (bicyclic) bond motifs is 1. The van der Waals surface area contributed by atoms with E-state index in [0.29, 0.717) is 30.1 Å². The van der Waals surface area contributed by atoms with Gasteiger partial charge in [-0.1, -0.05) is 41.5 Å². The van der Waals surface area contributed by atoms with Gasteiger partial charge < -0.3 is 20.6 Å². The Morgan fingerprint density at radius 3 is 2.34 bits per heavy atom. The van der Waals surface area contributed by atoms with Crippen LogP contribution in [-0.4, -0.2) is 25.7 Å². The topological polar surface area (TPSA) is 119 Å². The predicted molar refractivity (Wildman–Crippen MR) is 134 cm³/mol. The molecule has 35 heavy (non-hydrogen) atoms. The van der Waals surface area contributed by atoms with Crippen LogP contribution in [0.25, 0.3) is 0 Å². The first kappa shape index (κ1) is 23.2. The first-order valence-corrected chi connectivity index (χ1v) is 12.0. The van der Waals surface area contributed by atoms with E-state index in [9.17, 15) is 9.90 Å². The molecule has 2 aromatic heterocycles. The number of benzene rings is 1. The number of anilines is 2. The summed E-state index contributed by atoms with van der Waals surface area (Å²) in [6.07, 6.45) is 2.60. The van der Waals surface area contributed by atoms with Gasteiger partial charge in [0.05, 0.1) is 6.26 Å². The van der Waals surface area contributed by atoms with Gasteiger partial charge >= 0.3 is 0 Å². The molecule has 1 aliphatic carbocycles. The third-order valence-corrected chi connectivity index (χ3v) is 6.95. The zero-order chi connectivity index (χ0) is 25.3. The van der Waals surface area contributed by atoms with Crippen molar-refractivity contribution in [3.63, 3.8) is 0 Å². The van der Waals surface area contributed by atoms with E-state index in [1.165, 1.54) is 0 Å². The summed E-state index contributed by atoms with van der Waals surface area (Å²) in [5.74, 6) is 1.71. The first-order valence-electron chi connectivity index (χ1n) is 12.0. The number of aromatic hydroxyl groups is 1. The average molecular weight is 476 g/mol. The minimum Gasteiger partial charge on any atom is -0.507 e. The minimum absolute atomic E-state index is 0.0348. The highest BCUT2D eigenvalue weighted by Gasteiger charge is 2.41. The number of carbonyl (C=O) groups excluding carboxylic acids is 1. The molecule has 1 aliphatic heterocycles. The molecule has 8 heteroatoms. The van der Waals surface area contributed by atoms with Gasteiger partial charge in [-0.3, -0.25) is 4.79 Å². The van der Waals surface area contributed by atoms with Gasteiger partial charge in [-0.25, -0.2) is 4.68 Å². The largest absolute Gasteiger partial charge is 0.507 e. The van der Waals surface area contributed by atoms with Gasteiger partial charge in [0.1, 0.15) is 17.6 Å². The molecular formula is C27H33N5O3. The summed E-state index contributed by atoms with van der Waals surface area (Å²) in [6, 6.07) is 7.25. The second kappa shape index (κ2) is 7.73. The number of hydrogen-bond donors (Lipinski definition) is 3. The lowest BCUT2D eigenvalue weighted by Gasteiger charge is -2.36. The molecule has 0 unspecified atom stereocenters. The second-order valence-electron chi connectivity index (χ2n) is 11.7. The number of nitrogens with two attached hydrogens (primary N) is 1. The summed E-state index contributed by atoms with van der Waals surface area (Å²) in [5.41, 5.74) is 9.39. The summed E-state index contributed by atoms with van der Waals surface area (Å²) in [7, 11) is 0. The molecule has 0 fully saturated rings. The molecule has 2 atom stereocenters. The van der Waals surface area contributed by atoms with Crippen LogP contribution in [-0.2, 0) is 15.6 Å². The number of hydrogen-bond acceptors (Lipinski definition) is 7. The van der Waals surface area contributed by atoms with E-state index in [1.807, 2.05) is 24.3 Å². The van der Waals surface area contributed by atoms with E-state index in [0.717, 1.165) is 28.1 Å². The van der Waals surface area contributed by atoms with Crippen LogP contribution in [0.1, 0.15) is 88.8 Å². The molecule has 0 saturated heterocycles. The third-order valence-electron chi connectivity index (χ3n) is 6.95. The Kier molecular flexibility index (Phi) is 5.12. The number of allylic oxidation sites excluding steroid dienone is 2. The van der Waals surface area contributed by atoms with Crippen LogP contribution in [0.2, 0.25) is 0 Å². The molecule has 0 radical (unpaired) electrons. The molecule has 4 N–H and O–H groups in total. The summed E-state index contributed by atoms with van der Waals surface area (Å²) < 4.78 is 7.32. The molecule has 3 aromatic rings. The summed E-state index contributed by atoms with van der Waals surface area (Å²) >= 11 is 0. The number of furan rings is 1. The van der Waals surface area contributed by atoms with Crippen molar-refractivity contribution in [2.75, 3.05) is 11.1 Å². The molecule has 0 bridgehead atoms. The molecular weight excluding hydrogens is 442 g/mol. The molecule has 5 rings (SSSR count). The molecule has 2 aliphatic rings. The van der Waals surface area contributed by atoms with Crippen LogP contribution >= 0.6 is 0 Å². The van der Waals surface area contributed by atoms with Gasteiger partial charge in [0.2, 0.25) is 11.9 Å². The minimum atomic E-state index is -0.501. The Labute approximate surface area is 205 Å². The summed E-state index contributed by atoms with van der Waals surface area (Å²) in [5, 5.41) is 19.0. The number of phenols is 1. The van der Waals surface area contributed by atoms with Crippen molar-refractivity contribution in [3.8, 4) is 5.75 Å². The van der Waals surface area contributed by atoms with E-state index in [2.05, 4.69) is 56.9 Å². The second-order valence-corrected chi connectivity index (χ2v) is 11.7. The highest BCUT2D eigenvalue weighted by molar-refractivity contribution is 6.00. The van der Waals surface area contributed by atoms with Crippen molar-refractivity contribution < 1.29 is 14.3 Å². The van der Waals surface area contributed by atoms with Gasteiger partial charge in [0.15, 0.2) is 5.78 Å². The SMILES string of the molecule is CC(C)(C)c1cc([C@@H]2C3=C(C[C@@H](c4ccco4)CC3=O)Nc3nc(N)nn32)cc(C(C)(C)C)c1O.